The molecule has 1 saturated carbocycles. The minimum atomic E-state index is -0.0742. The molecule has 0 spiro atoms. The topological polar surface area (TPSA) is 69.6 Å². The van der Waals surface area contributed by atoms with Crippen molar-refractivity contribution in [1.29, 1.82) is 0 Å². The first kappa shape index (κ1) is 19.5. The van der Waals surface area contributed by atoms with Gasteiger partial charge in [0.15, 0.2) is 18.1 Å². The first-order valence-electron chi connectivity index (χ1n) is 9.54. The summed E-state index contributed by atoms with van der Waals surface area (Å²) in [7, 11) is 1.64. The molecule has 3 rings (SSSR count). The monoisotopic (exact) mass is 376 g/mol. The molecule has 2 fully saturated rings. The van der Waals surface area contributed by atoms with E-state index in [4.69, 9.17) is 19.0 Å². The van der Waals surface area contributed by atoms with E-state index in [9.17, 15) is 4.79 Å². The quantitative estimate of drug-likeness (QED) is 0.540. The fourth-order valence-electron chi connectivity index (χ4n) is 3.32. The van der Waals surface area contributed by atoms with Gasteiger partial charge in [0.1, 0.15) is 0 Å². The molecule has 2 aliphatic rings. The lowest BCUT2D eigenvalue weighted by Gasteiger charge is -2.26. The molecule has 1 aliphatic carbocycles. The van der Waals surface area contributed by atoms with Crippen LogP contribution in [-0.2, 0) is 14.4 Å². The third-order valence-electron chi connectivity index (χ3n) is 4.93. The number of nitrogens with zero attached hydrogens (tertiary/aromatic N) is 2. The van der Waals surface area contributed by atoms with E-state index in [0.29, 0.717) is 37.8 Å². The Kier molecular flexibility index (Phi) is 6.92. The highest BCUT2D eigenvalue weighted by Gasteiger charge is 2.19. The van der Waals surface area contributed by atoms with Crippen LogP contribution in [0.3, 0.4) is 0 Å². The normalized spacial score (nSPS) is 18.4. The molecule has 1 saturated heterocycles. The highest BCUT2D eigenvalue weighted by Crippen LogP contribution is 2.32. The highest BCUT2D eigenvalue weighted by atomic mass is 16.6. The molecule has 1 heterocycles. The van der Waals surface area contributed by atoms with Crippen LogP contribution in [0.1, 0.15) is 38.2 Å². The Morgan fingerprint density at radius 2 is 1.96 bits per heavy atom. The van der Waals surface area contributed by atoms with Gasteiger partial charge in [0.25, 0.3) is 5.91 Å². The third-order valence-corrected chi connectivity index (χ3v) is 4.93. The van der Waals surface area contributed by atoms with Crippen molar-refractivity contribution in [2.45, 2.75) is 38.7 Å². The molecule has 27 heavy (non-hydrogen) atoms. The number of ether oxygens (including phenoxy) is 3. The molecule has 1 aromatic carbocycles. The lowest BCUT2D eigenvalue weighted by molar-refractivity contribution is -0.140. The molecule has 1 aromatic rings. The summed E-state index contributed by atoms with van der Waals surface area (Å²) in [4.78, 5) is 19.1. The summed E-state index contributed by atoms with van der Waals surface area (Å²) in [5.74, 6) is 1.36. The SMILES string of the molecule is COc1ccc(/C(C)=N\OCC(=O)N2CCOCC2)cc1OC1CCCC1. The molecule has 0 aromatic heterocycles. The summed E-state index contributed by atoms with van der Waals surface area (Å²) in [6.07, 6.45) is 4.81. The van der Waals surface area contributed by atoms with Crippen LogP contribution < -0.4 is 9.47 Å². The van der Waals surface area contributed by atoms with Crippen molar-refractivity contribution in [1.82, 2.24) is 4.90 Å². The molecule has 0 unspecified atom stereocenters. The molecular weight excluding hydrogens is 348 g/mol. The molecule has 0 radical (unpaired) electrons. The highest BCUT2D eigenvalue weighted by molar-refractivity contribution is 5.99. The Balaban J connectivity index is 1.60. The van der Waals surface area contributed by atoms with E-state index in [1.54, 1.807) is 12.0 Å². The smallest absolute Gasteiger partial charge is 0.263 e. The van der Waals surface area contributed by atoms with Gasteiger partial charge in [-0.2, -0.15) is 0 Å². The van der Waals surface area contributed by atoms with Gasteiger partial charge in [-0.25, -0.2) is 0 Å². The fourth-order valence-corrected chi connectivity index (χ4v) is 3.32. The van der Waals surface area contributed by atoms with Gasteiger partial charge < -0.3 is 23.9 Å². The van der Waals surface area contributed by atoms with Crippen LogP contribution in [-0.4, -0.2) is 62.6 Å². The third kappa shape index (κ3) is 5.35. The van der Waals surface area contributed by atoms with E-state index in [1.807, 2.05) is 25.1 Å². The Morgan fingerprint density at radius 1 is 1.22 bits per heavy atom. The van der Waals surface area contributed by atoms with Crippen LogP contribution in [0.2, 0.25) is 0 Å². The zero-order valence-corrected chi connectivity index (χ0v) is 16.1. The number of oxime groups is 1. The minimum absolute atomic E-state index is 0.0705. The summed E-state index contributed by atoms with van der Waals surface area (Å²) in [6, 6.07) is 5.70. The van der Waals surface area contributed by atoms with E-state index < -0.39 is 0 Å². The van der Waals surface area contributed by atoms with Crippen LogP contribution in [0.4, 0.5) is 0 Å². The molecule has 7 heteroatoms. The summed E-state index contributed by atoms with van der Waals surface area (Å²) >= 11 is 0. The van der Waals surface area contributed by atoms with Crippen molar-refractivity contribution >= 4 is 11.6 Å². The van der Waals surface area contributed by atoms with Crippen LogP contribution >= 0.6 is 0 Å². The zero-order valence-electron chi connectivity index (χ0n) is 16.1. The van der Waals surface area contributed by atoms with Gasteiger partial charge >= 0.3 is 0 Å². The lowest BCUT2D eigenvalue weighted by atomic mass is 10.1. The van der Waals surface area contributed by atoms with Crippen molar-refractivity contribution in [3.05, 3.63) is 23.8 Å². The number of benzene rings is 1. The summed E-state index contributed by atoms with van der Waals surface area (Å²) in [5.41, 5.74) is 1.56. The van der Waals surface area contributed by atoms with Gasteiger partial charge in [0, 0.05) is 18.7 Å². The van der Waals surface area contributed by atoms with E-state index in [0.717, 1.165) is 24.2 Å². The van der Waals surface area contributed by atoms with E-state index in [-0.39, 0.29) is 18.6 Å². The Morgan fingerprint density at radius 3 is 2.67 bits per heavy atom. The predicted octanol–water partition coefficient (Wildman–Crippen LogP) is 2.62. The number of hydrogen-bond acceptors (Lipinski definition) is 6. The number of rotatable bonds is 7. The molecule has 0 atom stereocenters. The average Bonchev–Trinajstić information content (AvgIpc) is 3.21. The van der Waals surface area contributed by atoms with Gasteiger partial charge in [0.05, 0.1) is 32.1 Å². The minimum Gasteiger partial charge on any atom is -0.493 e. The molecule has 1 aliphatic heterocycles. The molecule has 148 valence electrons. The van der Waals surface area contributed by atoms with Crippen molar-refractivity contribution < 1.29 is 23.8 Å². The van der Waals surface area contributed by atoms with Crippen molar-refractivity contribution in [2.75, 3.05) is 40.0 Å². The van der Waals surface area contributed by atoms with E-state index >= 15 is 0 Å². The van der Waals surface area contributed by atoms with Crippen LogP contribution in [0.25, 0.3) is 0 Å². The standard InChI is InChI=1S/C20H28N2O5/c1-15(21-26-14-20(23)22-9-11-25-12-10-22)16-7-8-18(24-2)19(13-16)27-17-5-3-4-6-17/h7-8,13,17H,3-6,9-12,14H2,1-2H3/b21-15-. The fraction of sp³-hybridized carbons (Fsp3) is 0.600. The number of morpholine rings is 1. The van der Waals surface area contributed by atoms with Gasteiger partial charge in [-0.15, -0.1) is 0 Å². The second-order valence-electron chi connectivity index (χ2n) is 6.83. The second-order valence-corrected chi connectivity index (χ2v) is 6.83. The Hall–Kier alpha value is -2.28. The maximum absolute atomic E-state index is 12.1. The number of methoxy groups -OCH3 is 1. The second kappa shape index (κ2) is 9.60. The van der Waals surface area contributed by atoms with Crippen LogP contribution in [0.15, 0.2) is 23.4 Å². The number of carbonyl (C=O) groups excluding carboxylic acids is 1. The Bertz CT molecular complexity index is 664. The number of hydrogen-bond donors (Lipinski definition) is 0. The summed E-state index contributed by atoms with van der Waals surface area (Å²) in [5, 5.41) is 4.10. The maximum Gasteiger partial charge on any atom is 0.263 e. The lowest BCUT2D eigenvalue weighted by Crippen LogP contribution is -2.42. The van der Waals surface area contributed by atoms with Crippen molar-refractivity contribution in [3.8, 4) is 11.5 Å². The summed E-state index contributed by atoms with van der Waals surface area (Å²) in [6.45, 7) is 4.13. The molecule has 0 bridgehead atoms. The van der Waals surface area contributed by atoms with Crippen molar-refractivity contribution in [2.24, 2.45) is 5.16 Å². The first-order valence-corrected chi connectivity index (χ1v) is 9.54. The molecule has 7 nitrogen and oxygen atoms in total. The predicted molar refractivity (Wildman–Crippen MR) is 101 cm³/mol. The first-order chi connectivity index (χ1) is 13.2. The van der Waals surface area contributed by atoms with Gasteiger partial charge in [0.2, 0.25) is 0 Å². The number of carbonyl (C=O) groups is 1. The molecule has 1 amide bonds. The zero-order chi connectivity index (χ0) is 19.1. The number of amides is 1. The van der Waals surface area contributed by atoms with Crippen molar-refractivity contribution in [3.63, 3.8) is 0 Å². The van der Waals surface area contributed by atoms with Gasteiger partial charge in [-0.1, -0.05) is 5.16 Å². The van der Waals surface area contributed by atoms with Crippen LogP contribution in [0.5, 0.6) is 11.5 Å². The maximum atomic E-state index is 12.1. The molecular formula is C20H28N2O5. The average molecular weight is 376 g/mol. The van der Waals surface area contributed by atoms with E-state index in [1.165, 1.54) is 12.8 Å². The largest absolute Gasteiger partial charge is 0.493 e. The van der Waals surface area contributed by atoms with Crippen LogP contribution in [0, 0.1) is 0 Å². The van der Waals surface area contributed by atoms with Gasteiger partial charge in [-0.3, -0.25) is 4.79 Å². The van der Waals surface area contributed by atoms with E-state index in [2.05, 4.69) is 5.16 Å². The Labute approximate surface area is 160 Å². The molecule has 0 N–H and O–H groups in total. The summed E-state index contributed by atoms with van der Waals surface area (Å²) < 4.78 is 16.8. The van der Waals surface area contributed by atoms with Gasteiger partial charge in [-0.05, 0) is 50.8 Å².